The Kier molecular flexibility index (Phi) is 4.71. The number of nitriles is 1. The van der Waals surface area contributed by atoms with E-state index in [1.54, 1.807) is 18.0 Å². The first kappa shape index (κ1) is 13.2. The number of carbonyl (C=O) groups is 1. The first-order valence-electron chi connectivity index (χ1n) is 5.76. The summed E-state index contributed by atoms with van der Waals surface area (Å²) in [5.74, 6) is 0.512. The molecule has 17 heavy (non-hydrogen) atoms. The number of nitrogens with zero attached hydrogens (tertiary/aromatic N) is 2. The number of rotatable bonds is 4. The van der Waals surface area contributed by atoms with Gasteiger partial charge in [0.25, 0.3) is 0 Å². The van der Waals surface area contributed by atoms with Gasteiger partial charge >= 0.3 is 0 Å². The summed E-state index contributed by atoms with van der Waals surface area (Å²) in [4.78, 5) is 13.5. The van der Waals surface area contributed by atoms with Crippen LogP contribution in [0.25, 0.3) is 0 Å². The zero-order valence-electron chi connectivity index (χ0n) is 10.6. The van der Waals surface area contributed by atoms with Crippen molar-refractivity contribution in [2.45, 2.75) is 26.8 Å². The van der Waals surface area contributed by atoms with Crippen molar-refractivity contribution in [3.05, 3.63) is 35.4 Å². The van der Waals surface area contributed by atoms with E-state index in [4.69, 9.17) is 5.26 Å². The summed E-state index contributed by atoms with van der Waals surface area (Å²) in [7, 11) is 1.80. The van der Waals surface area contributed by atoms with Gasteiger partial charge in [0.1, 0.15) is 0 Å². The van der Waals surface area contributed by atoms with Crippen molar-refractivity contribution in [2.24, 2.45) is 5.92 Å². The second-order valence-electron chi connectivity index (χ2n) is 4.66. The van der Waals surface area contributed by atoms with E-state index in [2.05, 4.69) is 6.07 Å². The normalized spacial score (nSPS) is 10.1. The molecular weight excluding hydrogens is 212 g/mol. The van der Waals surface area contributed by atoms with Crippen LogP contribution < -0.4 is 0 Å². The Hall–Kier alpha value is -1.82. The second kappa shape index (κ2) is 6.05. The smallest absolute Gasteiger partial charge is 0.222 e. The van der Waals surface area contributed by atoms with Gasteiger partial charge in [0, 0.05) is 20.0 Å². The van der Waals surface area contributed by atoms with E-state index in [1.165, 1.54) is 0 Å². The van der Waals surface area contributed by atoms with Crippen molar-refractivity contribution in [2.75, 3.05) is 7.05 Å². The zero-order chi connectivity index (χ0) is 12.8. The molecule has 0 atom stereocenters. The molecule has 0 radical (unpaired) electrons. The van der Waals surface area contributed by atoms with Crippen molar-refractivity contribution in [3.8, 4) is 6.07 Å². The molecular formula is C14H18N2O. The Morgan fingerprint density at radius 1 is 1.47 bits per heavy atom. The summed E-state index contributed by atoms with van der Waals surface area (Å²) in [6, 6.07) is 9.45. The molecule has 1 amide bonds. The largest absolute Gasteiger partial charge is 0.341 e. The fourth-order valence-electron chi connectivity index (χ4n) is 1.61. The minimum absolute atomic E-state index is 0.141. The average Bonchev–Trinajstić information content (AvgIpc) is 2.28. The predicted octanol–water partition coefficient (Wildman–Crippen LogP) is 2.56. The standard InChI is InChI=1S/C14H18N2O/c1-11(2)7-14(17)16(3)10-13-6-4-5-12(8-13)9-15/h4-6,8,11H,7,10H2,1-3H3. The molecule has 0 aromatic heterocycles. The van der Waals surface area contributed by atoms with Gasteiger partial charge in [-0.15, -0.1) is 0 Å². The van der Waals surface area contributed by atoms with E-state index in [0.29, 0.717) is 24.4 Å². The highest BCUT2D eigenvalue weighted by Crippen LogP contribution is 2.09. The van der Waals surface area contributed by atoms with Crippen LogP contribution in [0.2, 0.25) is 0 Å². The number of hydrogen-bond acceptors (Lipinski definition) is 2. The van der Waals surface area contributed by atoms with Gasteiger partial charge in [-0.2, -0.15) is 5.26 Å². The van der Waals surface area contributed by atoms with Gasteiger partial charge in [0.15, 0.2) is 0 Å². The molecule has 90 valence electrons. The molecule has 0 heterocycles. The van der Waals surface area contributed by atoms with Crippen LogP contribution in [0.4, 0.5) is 0 Å². The summed E-state index contributed by atoms with van der Waals surface area (Å²) < 4.78 is 0. The quantitative estimate of drug-likeness (QED) is 0.798. The van der Waals surface area contributed by atoms with E-state index in [0.717, 1.165) is 5.56 Å². The molecule has 1 aromatic carbocycles. The summed E-state index contributed by atoms with van der Waals surface area (Å²) in [5, 5.41) is 8.79. The Bertz CT molecular complexity index is 432. The Balaban J connectivity index is 2.64. The van der Waals surface area contributed by atoms with Gasteiger partial charge in [-0.1, -0.05) is 26.0 Å². The number of amides is 1. The molecule has 0 bridgehead atoms. The Morgan fingerprint density at radius 3 is 2.76 bits per heavy atom. The molecule has 0 N–H and O–H groups in total. The molecule has 0 saturated heterocycles. The van der Waals surface area contributed by atoms with Gasteiger partial charge in [0.05, 0.1) is 11.6 Å². The summed E-state index contributed by atoms with van der Waals surface area (Å²) >= 11 is 0. The molecule has 0 aliphatic carbocycles. The minimum atomic E-state index is 0.141. The van der Waals surface area contributed by atoms with Crippen molar-refractivity contribution < 1.29 is 4.79 Å². The van der Waals surface area contributed by atoms with Crippen LogP contribution in [0.1, 0.15) is 31.4 Å². The topological polar surface area (TPSA) is 44.1 Å². The number of hydrogen-bond donors (Lipinski definition) is 0. The molecule has 0 aliphatic rings. The van der Waals surface area contributed by atoms with Gasteiger partial charge in [-0.3, -0.25) is 4.79 Å². The lowest BCUT2D eigenvalue weighted by molar-refractivity contribution is -0.131. The first-order chi connectivity index (χ1) is 8.02. The van der Waals surface area contributed by atoms with E-state index < -0.39 is 0 Å². The third-order valence-electron chi connectivity index (χ3n) is 2.48. The Labute approximate surface area is 103 Å². The van der Waals surface area contributed by atoms with Crippen molar-refractivity contribution >= 4 is 5.91 Å². The lowest BCUT2D eigenvalue weighted by Crippen LogP contribution is -2.27. The monoisotopic (exact) mass is 230 g/mol. The van der Waals surface area contributed by atoms with Crippen LogP contribution in [-0.4, -0.2) is 17.9 Å². The van der Waals surface area contributed by atoms with E-state index in [1.807, 2.05) is 32.0 Å². The third kappa shape index (κ3) is 4.28. The number of benzene rings is 1. The average molecular weight is 230 g/mol. The van der Waals surface area contributed by atoms with Gasteiger partial charge < -0.3 is 4.90 Å². The van der Waals surface area contributed by atoms with Gasteiger partial charge in [0.2, 0.25) is 5.91 Å². The Morgan fingerprint density at radius 2 is 2.18 bits per heavy atom. The van der Waals surface area contributed by atoms with Crippen LogP contribution in [-0.2, 0) is 11.3 Å². The fourth-order valence-corrected chi connectivity index (χ4v) is 1.61. The SMILES string of the molecule is CC(C)CC(=O)N(C)Cc1cccc(C#N)c1. The lowest BCUT2D eigenvalue weighted by atomic mass is 10.1. The molecule has 0 spiro atoms. The van der Waals surface area contributed by atoms with Crippen LogP contribution >= 0.6 is 0 Å². The molecule has 3 nitrogen and oxygen atoms in total. The maximum Gasteiger partial charge on any atom is 0.222 e. The molecule has 1 aromatic rings. The molecule has 1 rings (SSSR count). The van der Waals surface area contributed by atoms with E-state index in [-0.39, 0.29) is 5.91 Å². The van der Waals surface area contributed by atoms with Crippen molar-refractivity contribution in [1.29, 1.82) is 5.26 Å². The van der Waals surface area contributed by atoms with Crippen molar-refractivity contribution in [1.82, 2.24) is 4.90 Å². The lowest BCUT2D eigenvalue weighted by Gasteiger charge is -2.18. The first-order valence-corrected chi connectivity index (χ1v) is 5.76. The molecule has 0 saturated carbocycles. The highest BCUT2D eigenvalue weighted by atomic mass is 16.2. The highest BCUT2D eigenvalue weighted by Gasteiger charge is 2.11. The fraction of sp³-hybridized carbons (Fsp3) is 0.429. The highest BCUT2D eigenvalue weighted by molar-refractivity contribution is 5.76. The molecule has 0 aliphatic heterocycles. The minimum Gasteiger partial charge on any atom is -0.341 e. The van der Waals surface area contributed by atoms with Crippen LogP contribution in [0.3, 0.4) is 0 Å². The molecule has 3 heteroatoms. The summed E-state index contributed by atoms with van der Waals surface area (Å²) in [5.41, 5.74) is 1.62. The maximum absolute atomic E-state index is 11.8. The van der Waals surface area contributed by atoms with Crippen LogP contribution in [0, 0.1) is 17.2 Å². The maximum atomic E-state index is 11.8. The van der Waals surface area contributed by atoms with Crippen LogP contribution in [0.15, 0.2) is 24.3 Å². The predicted molar refractivity (Wildman–Crippen MR) is 67.1 cm³/mol. The zero-order valence-corrected chi connectivity index (χ0v) is 10.6. The number of carbonyl (C=O) groups excluding carboxylic acids is 1. The summed E-state index contributed by atoms with van der Waals surface area (Å²) in [6.45, 7) is 4.62. The summed E-state index contributed by atoms with van der Waals surface area (Å²) in [6.07, 6.45) is 0.564. The molecule has 0 fully saturated rings. The van der Waals surface area contributed by atoms with Crippen molar-refractivity contribution in [3.63, 3.8) is 0 Å². The molecule has 0 unspecified atom stereocenters. The van der Waals surface area contributed by atoms with Gasteiger partial charge in [-0.25, -0.2) is 0 Å². The van der Waals surface area contributed by atoms with Crippen LogP contribution in [0.5, 0.6) is 0 Å². The second-order valence-corrected chi connectivity index (χ2v) is 4.66. The van der Waals surface area contributed by atoms with E-state index in [9.17, 15) is 4.79 Å². The van der Waals surface area contributed by atoms with E-state index >= 15 is 0 Å². The van der Waals surface area contributed by atoms with Gasteiger partial charge in [-0.05, 0) is 23.6 Å². The third-order valence-corrected chi connectivity index (χ3v) is 2.48.